The van der Waals surface area contributed by atoms with E-state index in [0.717, 1.165) is 17.5 Å². The quantitative estimate of drug-likeness (QED) is 0.901. The zero-order chi connectivity index (χ0) is 14.7. The van der Waals surface area contributed by atoms with Gasteiger partial charge in [0.1, 0.15) is 12.4 Å². The highest BCUT2D eigenvalue weighted by Crippen LogP contribution is 2.33. The molecular weight excluding hydrogens is 256 g/mol. The highest BCUT2D eigenvalue weighted by atomic mass is 16.5. The molecule has 1 unspecified atom stereocenters. The molecule has 2 aromatic rings. The Labute approximate surface area is 117 Å². The van der Waals surface area contributed by atoms with Crippen LogP contribution in [0.1, 0.15) is 25.2 Å². The van der Waals surface area contributed by atoms with E-state index in [2.05, 4.69) is 11.1 Å². The van der Waals surface area contributed by atoms with Crippen molar-refractivity contribution in [3.05, 3.63) is 18.0 Å². The van der Waals surface area contributed by atoms with E-state index in [1.807, 2.05) is 17.6 Å². The van der Waals surface area contributed by atoms with E-state index in [4.69, 9.17) is 20.5 Å². The van der Waals surface area contributed by atoms with Crippen molar-refractivity contribution < 1.29 is 9.47 Å². The van der Waals surface area contributed by atoms with Crippen LogP contribution in [0.4, 0.5) is 0 Å². The first-order valence-electron chi connectivity index (χ1n) is 6.40. The van der Waals surface area contributed by atoms with Crippen LogP contribution in [0, 0.1) is 11.3 Å². The first-order valence-corrected chi connectivity index (χ1v) is 6.40. The third-order valence-electron chi connectivity index (χ3n) is 3.28. The number of nitrogens with zero attached hydrogens (tertiary/aromatic N) is 3. The molecule has 106 valence electrons. The Bertz CT molecular complexity index is 657. The van der Waals surface area contributed by atoms with Gasteiger partial charge in [-0.25, -0.2) is 4.98 Å². The Morgan fingerprint density at radius 1 is 1.35 bits per heavy atom. The summed E-state index contributed by atoms with van der Waals surface area (Å²) in [6, 6.07) is 5.57. The van der Waals surface area contributed by atoms with Gasteiger partial charge in [-0.1, -0.05) is 6.92 Å². The maximum absolute atomic E-state index is 9.01. The lowest BCUT2D eigenvalue weighted by atomic mass is 10.2. The van der Waals surface area contributed by atoms with E-state index >= 15 is 0 Å². The SMILES string of the molecule is CCC(N)c1nc2cc(OC)c(OC)cc2n1CC#N. The molecule has 0 radical (unpaired) electrons. The van der Waals surface area contributed by atoms with Crippen molar-refractivity contribution in [1.82, 2.24) is 9.55 Å². The number of hydrogen-bond acceptors (Lipinski definition) is 5. The summed E-state index contributed by atoms with van der Waals surface area (Å²) < 4.78 is 12.4. The van der Waals surface area contributed by atoms with Crippen molar-refractivity contribution in [2.24, 2.45) is 5.73 Å². The van der Waals surface area contributed by atoms with Gasteiger partial charge >= 0.3 is 0 Å². The number of nitriles is 1. The van der Waals surface area contributed by atoms with Gasteiger partial charge in [0.15, 0.2) is 11.5 Å². The van der Waals surface area contributed by atoms with Gasteiger partial charge < -0.3 is 19.8 Å². The fourth-order valence-electron chi connectivity index (χ4n) is 2.17. The molecular formula is C14H18N4O2. The van der Waals surface area contributed by atoms with Crippen LogP contribution in [-0.4, -0.2) is 23.8 Å². The molecule has 0 aliphatic rings. The molecule has 2 N–H and O–H groups in total. The molecule has 0 aliphatic carbocycles. The van der Waals surface area contributed by atoms with E-state index in [1.54, 1.807) is 20.3 Å². The van der Waals surface area contributed by atoms with Crippen molar-refractivity contribution in [3.8, 4) is 17.6 Å². The zero-order valence-corrected chi connectivity index (χ0v) is 11.9. The first kappa shape index (κ1) is 14.2. The largest absolute Gasteiger partial charge is 0.493 e. The van der Waals surface area contributed by atoms with E-state index in [0.29, 0.717) is 17.3 Å². The molecule has 0 bridgehead atoms. The van der Waals surface area contributed by atoms with Crippen LogP contribution in [0.25, 0.3) is 11.0 Å². The lowest BCUT2D eigenvalue weighted by Gasteiger charge is -2.11. The molecule has 1 aromatic heterocycles. The fourth-order valence-corrected chi connectivity index (χ4v) is 2.17. The van der Waals surface area contributed by atoms with Gasteiger partial charge in [-0.2, -0.15) is 5.26 Å². The molecule has 0 saturated heterocycles. The van der Waals surface area contributed by atoms with E-state index in [-0.39, 0.29) is 12.6 Å². The lowest BCUT2D eigenvalue weighted by molar-refractivity contribution is 0.355. The summed E-state index contributed by atoms with van der Waals surface area (Å²) in [6.45, 7) is 2.19. The standard InChI is InChI=1S/C14H18N4O2/c1-4-9(16)14-17-10-7-12(19-2)13(20-3)8-11(10)18(14)6-5-15/h7-9H,4,6,16H2,1-3H3. The highest BCUT2D eigenvalue weighted by molar-refractivity contribution is 5.81. The van der Waals surface area contributed by atoms with E-state index in [1.165, 1.54) is 0 Å². The molecule has 1 heterocycles. The van der Waals surface area contributed by atoms with Crippen molar-refractivity contribution >= 4 is 11.0 Å². The minimum absolute atomic E-state index is 0.201. The van der Waals surface area contributed by atoms with Crippen LogP contribution < -0.4 is 15.2 Å². The monoisotopic (exact) mass is 274 g/mol. The van der Waals surface area contributed by atoms with Gasteiger partial charge in [0, 0.05) is 12.1 Å². The zero-order valence-electron chi connectivity index (χ0n) is 11.9. The van der Waals surface area contributed by atoms with Crippen molar-refractivity contribution in [2.45, 2.75) is 25.9 Å². The predicted octanol–water partition coefficient (Wildman–Crippen LogP) is 1.99. The van der Waals surface area contributed by atoms with Crippen LogP contribution in [0.15, 0.2) is 12.1 Å². The lowest BCUT2D eigenvalue weighted by Crippen LogP contribution is -2.15. The van der Waals surface area contributed by atoms with Crippen LogP contribution in [0.3, 0.4) is 0 Å². The third-order valence-corrected chi connectivity index (χ3v) is 3.28. The summed E-state index contributed by atoms with van der Waals surface area (Å²) in [5.41, 5.74) is 7.64. The second-order valence-electron chi connectivity index (χ2n) is 4.42. The number of rotatable bonds is 5. The average Bonchev–Trinajstić information content (AvgIpc) is 2.83. The molecule has 20 heavy (non-hydrogen) atoms. The maximum Gasteiger partial charge on any atom is 0.163 e. The topological polar surface area (TPSA) is 86.1 Å². The van der Waals surface area contributed by atoms with Gasteiger partial charge in [-0.3, -0.25) is 0 Å². The normalized spacial score (nSPS) is 12.2. The minimum Gasteiger partial charge on any atom is -0.493 e. The summed E-state index contributed by atoms with van der Waals surface area (Å²) in [5.74, 6) is 1.92. The molecule has 1 aromatic carbocycles. The highest BCUT2D eigenvalue weighted by Gasteiger charge is 2.18. The first-order chi connectivity index (χ1) is 9.65. The van der Waals surface area contributed by atoms with Crippen molar-refractivity contribution in [2.75, 3.05) is 14.2 Å². The molecule has 0 amide bonds. The predicted molar refractivity (Wildman–Crippen MR) is 75.7 cm³/mol. The van der Waals surface area contributed by atoms with E-state index < -0.39 is 0 Å². The smallest absolute Gasteiger partial charge is 0.163 e. The van der Waals surface area contributed by atoms with Gasteiger partial charge in [-0.05, 0) is 6.42 Å². The molecule has 1 atom stereocenters. The Morgan fingerprint density at radius 3 is 2.55 bits per heavy atom. The van der Waals surface area contributed by atoms with Crippen LogP contribution in [0.2, 0.25) is 0 Å². The summed E-state index contributed by atoms with van der Waals surface area (Å²) in [4.78, 5) is 4.54. The van der Waals surface area contributed by atoms with Crippen molar-refractivity contribution in [3.63, 3.8) is 0 Å². The number of methoxy groups -OCH3 is 2. The number of fused-ring (bicyclic) bond motifs is 1. The number of imidazole rings is 1. The molecule has 2 rings (SSSR count). The number of aromatic nitrogens is 2. The number of benzene rings is 1. The molecule has 0 fully saturated rings. The minimum atomic E-state index is -0.201. The summed E-state index contributed by atoms with van der Waals surface area (Å²) >= 11 is 0. The van der Waals surface area contributed by atoms with Crippen LogP contribution in [0.5, 0.6) is 11.5 Å². The van der Waals surface area contributed by atoms with Crippen LogP contribution in [-0.2, 0) is 6.54 Å². The summed E-state index contributed by atoms with van der Waals surface area (Å²) in [7, 11) is 3.15. The molecule has 0 spiro atoms. The van der Waals surface area contributed by atoms with Gasteiger partial charge in [0.25, 0.3) is 0 Å². The molecule has 6 nitrogen and oxygen atoms in total. The Hall–Kier alpha value is -2.26. The van der Waals surface area contributed by atoms with Gasteiger partial charge in [-0.15, -0.1) is 0 Å². The van der Waals surface area contributed by atoms with Gasteiger partial charge in [0.2, 0.25) is 0 Å². The third kappa shape index (κ3) is 2.28. The van der Waals surface area contributed by atoms with Gasteiger partial charge in [0.05, 0.1) is 37.4 Å². The molecule has 0 saturated carbocycles. The second kappa shape index (κ2) is 5.80. The summed E-state index contributed by atoms with van der Waals surface area (Å²) in [5, 5.41) is 9.01. The molecule has 0 aliphatic heterocycles. The maximum atomic E-state index is 9.01. The fraction of sp³-hybridized carbons (Fsp3) is 0.429. The van der Waals surface area contributed by atoms with Crippen molar-refractivity contribution in [1.29, 1.82) is 5.26 Å². The van der Waals surface area contributed by atoms with E-state index in [9.17, 15) is 0 Å². The number of hydrogen-bond donors (Lipinski definition) is 1. The Kier molecular flexibility index (Phi) is 4.11. The van der Waals surface area contributed by atoms with Crippen LogP contribution >= 0.6 is 0 Å². The Morgan fingerprint density at radius 2 is 2.00 bits per heavy atom. The molecule has 6 heteroatoms. The number of nitrogens with two attached hydrogens (primary N) is 1. The summed E-state index contributed by atoms with van der Waals surface area (Å²) in [6.07, 6.45) is 0.753. The second-order valence-corrected chi connectivity index (χ2v) is 4.42. The Balaban J connectivity index is 2.71. The number of ether oxygens (including phenoxy) is 2. The average molecular weight is 274 g/mol.